The molecule has 7 rings (SSSR count). The highest BCUT2D eigenvalue weighted by atomic mass is 16.6. The molecular weight excluding hydrogens is 340 g/mol. The Hall–Kier alpha value is -2.37. The second-order valence-corrected chi connectivity index (χ2v) is 9.21. The Labute approximate surface area is 158 Å². The van der Waals surface area contributed by atoms with Crippen LogP contribution < -0.4 is 5.32 Å². The van der Waals surface area contributed by atoms with Gasteiger partial charge in [-0.2, -0.15) is 5.10 Å². The second-order valence-electron chi connectivity index (χ2n) is 9.21. The molecule has 1 N–H and O–H groups in total. The van der Waals surface area contributed by atoms with Gasteiger partial charge < -0.3 is 5.32 Å². The Kier molecular flexibility index (Phi) is 3.09. The Morgan fingerprint density at radius 3 is 2.44 bits per heavy atom. The van der Waals surface area contributed by atoms with Gasteiger partial charge in [-0.05, 0) is 68.8 Å². The highest BCUT2D eigenvalue weighted by Gasteiger charge is 2.54. The van der Waals surface area contributed by atoms with E-state index in [1.807, 2.05) is 16.8 Å². The number of aromatic nitrogens is 2. The lowest BCUT2D eigenvalue weighted by molar-refractivity contribution is -0.384. The smallest absolute Gasteiger partial charge is 0.294 e. The topological polar surface area (TPSA) is 73.0 Å². The monoisotopic (exact) mass is 364 g/mol. The Balaban J connectivity index is 1.52. The van der Waals surface area contributed by atoms with E-state index in [1.165, 1.54) is 49.8 Å². The number of para-hydroxylation sites is 2. The molecule has 0 spiro atoms. The van der Waals surface area contributed by atoms with E-state index in [0.717, 1.165) is 36.5 Å². The Bertz CT molecular complexity index is 912. The standard InChI is InChI=1S/C21H24N4O2/c26-25(27)18-4-2-1-3-17(18)24-20-16(5-6-22-20)19(23-24)21-10-13-7-14(11-21)9-15(8-13)12-21/h1-4,13-15,22H,5-12H2. The lowest BCUT2D eigenvalue weighted by Gasteiger charge is -2.56. The predicted molar refractivity (Wildman–Crippen MR) is 102 cm³/mol. The zero-order valence-corrected chi connectivity index (χ0v) is 15.4. The third-order valence-corrected chi connectivity index (χ3v) is 7.50. The van der Waals surface area contributed by atoms with Crippen molar-refractivity contribution in [2.75, 3.05) is 11.9 Å². The fourth-order valence-electron chi connectivity index (χ4n) is 6.97. The van der Waals surface area contributed by atoms with Gasteiger partial charge in [0, 0.05) is 23.6 Å². The zero-order chi connectivity index (χ0) is 18.2. The van der Waals surface area contributed by atoms with Crippen LogP contribution in [-0.4, -0.2) is 21.2 Å². The van der Waals surface area contributed by atoms with Crippen molar-refractivity contribution in [1.29, 1.82) is 0 Å². The molecule has 1 aromatic heterocycles. The summed E-state index contributed by atoms with van der Waals surface area (Å²) in [6, 6.07) is 6.96. The van der Waals surface area contributed by atoms with Gasteiger partial charge in [-0.15, -0.1) is 0 Å². The van der Waals surface area contributed by atoms with Gasteiger partial charge in [-0.25, -0.2) is 4.68 Å². The number of nitro benzene ring substituents is 1. The summed E-state index contributed by atoms with van der Waals surface area (Å²) < 4.78 is 1.83. The summed E-state index contributed by atoms with van der Waals surface area (Å²) in [5.74, 6) is 3.56. The SMILES string of the molecule is O=[N+]([O-])c1ccccc1-n1nc(C23CC4CC(CC(C4)C2)C3)c2c1NCC2. The number of fused-ring (bicyclic) bond motifs is 1. The van der Waals surface area contributed by atoms with Crippen LogP contribution >= 0.6 is 0 Å². The second kappa shape index (κ2) is 5.33. The third kappa shape index (κ3) is 2.15. The molecule has 0 atom stereocenters. The van der Waals surface area contributed by atoms with E-state index >= 15 is 0 Å². The first-order valence-electron chi connectivity index (χ1n) is 10.2. The van der Waals surface area contributed by atoms with Crippen LogP contribution in [0.25, 0.3) is 5.69 Å². The van der Waals surface area contributed by atoms with Gasteiger partial charge in [-0.3, -0.25) is 10.1 Å². The van der Waals surface area contributed by atoms with Gasteiger partial charge in [0.2, 0.25) is 0 Å². The fourth-order valence-corrected chi connectivity index (χ4v) is 6.97. The van der Waals surface area contributed by atoms with Crippen molar-refractivity contribution in [2.45, 2.75) is 50.4 Å². The number of anilines is 1. The molecule has 0 saturated heterocycles. The van der Waals surface area contributed by atoms with E-state index < -0.39 is 0 Å². The molecule has 6 nitrogen and oxygen atoms in total. The summed E-state index contributed by atoms with van der Waals surface area (Å²) in [4.78, 5) is 11.3. The molecule has 5 aliphatic rings. The maximum absolute atomic E-state index is 11.6. The van der Waals surface area contributed by atoms with Crippen molar-refractivity contribution in [2.24, 2.45) is 17.8 Å². The number of hydrogen-bond acceptors (Lipinski definition) is 4. The summed E-state index contributed by atoms with van der Waals surface area (Å²) in [6.07, 6.45) is 8.99. The molecule has 4 fully saturated rings. The number of nitrogens with one attached hydrogen (secondary N) is 1. The minimum atomic E-state index is -0.303. The van der Waals surface area contributed by atoms with Gasteiger partial charge in [0.05, 0.1) is 10.6 Å². The maximum atomic E-state index is 11.6. The number of hydrogen-bond donors (Lipinski definition) is 1. The fraction of sp³-hybridized carbons (Fsp3) is 0.571. The van der Waals surface area contributed by atoms with Crippen LogP contribution in [0.4, 0.5) is 11.5 Å². The van der Waals surface area contributed by atoms with Crippen LogP contribution in [0.15, 0.2) is 24.3 Å². The van der Waals surface area contributed by atoms with Crippen molar-refractivity contribution < 1.29 is 4.92 Å². The van der Waals surface area contributed by atoms with E-state index in [4.69, 9.17) is 5.10 Å². The summed E-state index contributed by atoms with van der Waals surface area (Å²) in [7, 11) is 0. The predicted octanol–water partition coefficient (Wildman–Crippen LogP) is 4.22. The highest BCUT2D eigenvalue weighted by Crippen LogP contribution is 2.61. The molecule has 2 heterocycles. The van der Waals surface area contributed by atoms with E-state index in [1.54, 1.807) is 12.1 Å². The molecule has 140 valence electrons. The first-order valence-corrected chi connectivity index (χ1v) is 10.2. The normalized spacial score (nSPS) is 33.1. The molecule has 27 heavy (non-hydrogen) atoms. The van der Waals surface area contributed by atoms with E-state index in [-0.39, 0.29) is 16.0 Å². The van der Waals surface area contributed by atoms with Crippen LogP contribution in [0, 0.1) is 27.9 Å². The number of nitro groups is 1. The first kappa shape index (κ1) is 15.7. The van der Waals surface area contributed by atoms with Gasteiger partial charge >= 0.3 is 0 Å². The summed E-state index contributed by atoms with van der Waals surface area (Å²) in [6.45, 7) is 0.896. The number of nitrogens with zero attached hydrogens (tertiary/aromatic N) is 3. The van der Waals surface area contributed by atoms with Crippen LogP contribution in [0.5, 0.6) is 0 Å². The highest BCUT2D eigenvalue weighted by molar-refractivity contribution is 5.63. The lowest BCUT2D eigenvalue weighted by Crippen LogP contribution is -2.49. The lowest BCUT2D eigenvalue weighted by atomic mass is 9.48. The molecule has 0 amide bonds. The molecule has 1 aromatic carbocycles. The van der Waals surface area contributed by atoms with Crippen LogP contribution in [-0.2, 0) is 11.8 Å². The van der Waals surface area contributed by atoms with E-state index in [0.29, 0.717) is 5.69 Å². The van der Waals surface area contributed by atoms with Crippen molar-refractivity contribution in [3.8, 4) is 5.69 Å². The molecule has 0 unspecified atom stereocenters. The Morgan fingerprint density at radius 1 is 1.11 bits per heavy atom. The molecule has 2 aromatic rings. The number of rotatable bonds is 3. The van der Waals surface area contributed by atoms with Crippen molar-refractivity contribution in [1.82, 2.24) is 9.78 Å². The van der Waals surface area contributed by atoms with Crippen LogP contribution in [0.2, 0.25) is 0 Å². The summed E-state index contributed by atoms with van der Waals surface area (Å²) >= 11 is 0. The van der Waals surface area contributed by atoms with Crippen molar-refractivity contribution in [3.63, 3.8) is 0 Å². The Morgan fingerprint density at radius 2 is 1.78 bits per heavy atom. The van der Waals surface area contributed by atoms with Gasteiger partial charge in [0.1, 0.15) is 11.5 Å². The minimum absolute atomic E-state index is 0.119. The molecule has 4 saturated carbocycles. The first-order chi connectivity index (χ1) is 13.1. The molecular formula is C21H24N4O2. The van der Waals surface area contributed by atoms with Crippen molar-refractivity contribution in [3.05, 3.63) is 45.6 Å². The molecule has 6 heteroatoms. The molecule has 1 aliphatic heterocycles. The minimum Gasteiger partial charge on any atom is -0.369 e. The van der Waals surface area contributed by atoms with E-state index in [9.17, 15) is 10.1 Å². The van der Waals surface area contributed by atoms with Crippen molar-refractivity contribution >= 4 is 11.5 Å². The molecule has 4 bridgehead atoms. The molecule has 4 aliphatic carbocycles. The molecule has 0 radical (unpaired) electrons. The quantitative estimate of drug-likeness (QED) is 0.654. The number of benzene rings is 1. The average Bonchev–Trinajstić information content (AvgIpc) is 3.23. The maximum Gasteiger partial charge on any atom is 0.294 e. The average molecular weight is 364 g/mol. The van der Waals surface area contributed by atoms with Crippen LogP contribution in [0.3, 0.4) is 0 Å². The van der Waals surface area contributed by atoms with E-state index in [2.05, 4.69) is 5.32 Å². The largest absolute Gasteiger partial charge is 0.369 e. The zero-order valence-electron chi connectivity index (χ0n) is 15.4. The van der Waals surface area contributed by atoms with Crippen LogP contribution in [0.1, 0.15) is 49.8 Å². The summed E-state index contributed by atoms with van der Waals surface area (Å²) in [5, 5.41) is 20.1. The van der Waals surface area contributed by atoms with Gasteiger partial charge in [-0.1, -0.05) is 12.1 Å². The van der Waals surface area contributed by atoms with Gasteiger partial charge in [0.15, 0.2) is 0 Å². The van der Waals surface area contributed by atoms with Gasteiger partial charge in [0.25, 0.3) is 5.69 Å². The third-order valence-electron chi connectivity index (χ3n) is 7.50. The summed E-state index contributed by atoms with van der Waals surface area (Å²) in [5.41, 5.74) is 3.46.